The number of carbonyl (C=O) groups excluding carboxylic acids is 1. The second kappa shape index (κ2) is 6.08. The molecular formula is C16H23NO2S. The number of thiol groups is 1. The number of hydrogen-bond donors (Lipinski definition) is 2. The van der Waals surface area contributed by atoms with Crippen molar-refractivity contribution in [3.05, 3.63) is 29.3 Å². The minimum absolute atomic E-state index is 0.338. The van der Waals surface area contributed by atoms with Gasteiger partial charge in [-0.15, -0.1) is 12.6 Å². The molecule has 0 aromatic heterocycles. The molecule has 1 N–H and O–H groups in total. The van der Waals surface area contributed by atoms with Crippen LogP contribution in [0.5, 0.6) is 0 Å². The van der Waals surface area contributed by atoms with E-state index in [0.29, 0.717) is 12.5 Å². The molecule has 0 fully saturated rings. The van der Waals surface area contributed by atoms with Crippen LogP contribution in [-0.4, -0.2) is 18.2 Å². The summed E-state index contributed by atoms with van der Waals surface area (Å²) >= 11 is 4.39. The van der Waals surface area contributed by atoms with Crippen LogP contribution in [0.1, 0.15) is 50.7 Å². The lowest BCUT2D eigenvalue weighted by molar-refractivity contribution is 0.0523. The number of rotatable bonds is 2. The topological polar surface area (TPSA) is 38.3 Å². The van der Waals surface area contributed by atoms with Crippen molar-refractivity contribution in [1.82, 2.24) is 5.32 Å². The van der Waals surface area contributed by atoms with Gasteiger partial charge in [-0.25, -0.2) is 4.79 Å². The standard InChI is InChI=1S/C16H23NO2S/c1-16(2,3)19-15(18)17-10-12-6-4-5-11-9-13(20)7-8-14(11)12/h7-9,12,20H,4-6,10H2,1-3H3,(H,17,18). The highest BCUT2D eigenvalue weighted by Gasteiger charge is 2.22. The van der Waals surface area contributed by atoms with Gasteiger partial charge >= 0.3 is 6.09 Å². The maximum absolute atomic E-state index is 11.7. The van der Waals surface area contributed by atoms with Gasteiger partial charge in [0.2, 0.25) is 0 Å². The first-order chi connectivity index (χ1) is 9.35. The van der Waals surface area contributed by atoms with Crippen molar-refractivity contribution in [1.29, 1.82) is 0 Å². The number of benzene rings is 1. The van der Waals surface area contributed by atoms with Gasteiger partial charge in [-0.2, -0.15) is 0 Å². The lowest BCUT2D eigenvalue weighted by Gasteiger charge is -2.27. The summed E-state index contributed by atoms with van der Waals surface area (Å²) in [6.45, 7) is 6.25. The molecule has 0 spiro atoms. The Bertz CT molecular complexity index is 494. The van der Waals surface area contributed by atoms with Crippen LogP contribution < -0.4 is 5.32 Å². The summed E-state index contributed by atoms with van der Waals surface area (Å²) in [5.41, 5.74) is 2.25. The summed E-state index contributed by atoms with van der Waals surface area (Å²) in [7, 11) is 0. The van der Waals surface area contributed by atoms with E-state index in [1.165, 1.54) is 11.1 Å². The summed E-state index contributed by atoms with van der Waals surface area (Å²) in [5.74, 6) is 0.375. The molecule has 0 heterocycles. The molecule has 1 aliphatic carbocycles. The highest BCUT2D eigenvalue weighted by molar-refractivity contribution is 7.80. The van der Waals surface area contributed by atoms with Gasteiger partial charge in [0, 0.05) is 17.4 Å². The van der Waals surface area contributed by atoms with Gasteiger partial charge in [0.25, 0.3) is 0 Å². The fourth-order valence-electron chi connectivity index (χ4n) is 2.63. The Morgan fingerprint density at radius 1 is 1.45 bits per heavy atom. The van der Waals surface area contributed by atoms with Crippen LogP contribution in [0.2, 0.25) is 0 Å². The van der Waals surface area contributed by atoms with Gasteiger partial charge in [-0.3, -0.25) is 0 Å². The van der Waals surface area contributed by atoms with Gasteiger partial charge in [0.05, 0.1) is 0 Å². The van der Waals surface area contributed by atoms with E-state index < -0.39 is 5.60 Å². The molecule has 20 heavy (non-hydrogen) atoms. The van der Waals surface area contributed by atoms with E-state index in [2.05, 4.69) is 30.1 Å². The summed E-state index contributed by atoms with van der Waals surface area (Å²) in [6.07, 6.45) is 3.03. The van der Waals surface area contributed by atoms with Crippen molar-refractivity contribution in [2.24, 2.45) is 0 Å². The van der Waals surface area contributed by atoms with Crippen molar-refractivity contribution in [3.8, 4) is 0 Å². The van der Waals surface area contributed by atoms with Crippen LogP contribution in [0.3, 0.4) is 0 Å². The molecule has 1 atom stereocenters. The van der Waals surface area contributed by atoms with Crippen molar-refractivity contribution >= 4 is 18.7 Å². The average Bonchev–Trinajstić information content (AvgIpc) is 2.33. The average molecular weight is 293 g/mol. The molecule has 4 heteroatoms. The molecule has 3 nitrogen and oxygen atoms in total. The molecule has 0 saturated heterocycles. The Morgan fingerprint density at radius 2 is 2.20 bits per heavy atom. The van der Waals surface area contributed by atoms with Crippen molar-refractivity contribution < 1.29 is 9.53 Å². The number of hydrogen-bond acceptors (Lipinski definition) is 3. The maximum atomic E-state index is 11.7. The molecule has 1 aromatic carbocycles. The number of amides is 1. The molecule has 0 radical (unpaired) electrons. The Kier molecular flexibility index (Phi) is 4.63. The molecule has 2 rings (SSSR count). The summed E-state index contributed by atoms with van der Waals surface area (Å²) in [6, 6.07) is 6.30. The fraction of sp³-hybridized carbons (Fsp3) is 0.562. The van der Waals surface area contributed by atoms with Crippen molar-refractivity contribution in [3.63, 3.8) is 0 Å². The van der Waals surface area contributed by atoms with E-state index in [1.807, 2.05) is 26.8 Å². The van der Waals surface area contributed by atoms with E-state index in [0.717, 1.165) is 24.2 Å². The quantitative estimate of drug-likeness (QED) is 0.811. The number of ether oxygens (including phenoxy) is 1. The van der Waals surface area contributed by atoms with Crippen LogP contribution in [0.25, 0.3) is 0 Å². The van der Waals surface area contributed by atoms with Gasteiger partial charge in [-0.1, -0.05) is 6.07 Å². The zero-order valence-corrected chi connectivity index (χ0v) is 13.3. The number of alkyl carbamates (subject to hydrolysis) is 1. The van der Waals surface area contributed by atoms with Crippen molar-refractivity contribution in [2.45, 2.75) is 56.4 Å². The Hall–Kier alpha value is -1.16. The highest BCUT2D eigenvalue weighted by atomic mass is 32.1. The van der Waals surface area contributed by atoms with Crippen LogP contribution in [0, 0.1) is 0 Å². The first-order valence-corrected chi connectivity index (χ1v) is 7.58. The van der Waals surface area contributed by atoms with Crippen LogP contribution >= 0.6 is 12.6 Å². The van der Waals surface area contributed by atoms with E-state index in [-0.39, 0.29) is 6.09 Å². The second-order valence-corrected chi connectivity index (χ2v) is 6.87. The number of nitrogens with one attached hydrogen (secondary N) is 1. The monoisotopic (exact) mass is 293 g/mol. The first-order valence-electron chi connectivity index (χ1n) is 7.14. The van der Waals surface area contributed by atoms with Crippen molar-refractivity contribution in [2.75, 3.05) is 6.54 Å². The number of carbonyl (C=O) groups is 1. The molecular weight excluding hydrogens is 270 g/mol. The SMILES string of the molecule is CC(C)(C)OC(=O)NCC1CCCc2cc(S)ccc21. The Morgan fingerprint density at radius 3 is 2.90 bits per heavy atom. The molecule has 0 saturated carbocycles. The first kappa shape index (κ1) is 15.2. The fourth-order valence-corrected chi connectivity index (χ4v) is 2.86. The largest absolute Gasteiger partial charge is 0.444 e. The minimum atomic E-state index is -0.449. The normalized spacial score (nSPS) is 18.3. The van der Waals surface area contributed by atoms with E-state index in [9.17, 15) is 4.79 Å². The zero-order chi connectivity index (χ0) is 14.8. The van der Waals surface area contributed by atoms with E-state index >= 15 is 0 Å². The van der Waals surface area contributed by atoms with Gasteiger partial charge in [-0.05, 0) is 63.3 Å². The smallest absolute Gasteiger partial charge is 0.407 e. The summed E-state index contributed by atoms with van der Waals surface area (Å²) in [5, 5.41) is 2.88. The highest BCUT2D eigenvalue weighted by Crippen LogP contribution is 2.32. The third-order valence-corrected chi connectivity index (χ3v) is 3.73. The Balaban J connectivity index is 1.97. The van der Waals surface area contributed by atoms with Crippen LogP contribution in [0.4, 0.5) is 4.79 Å². The third kappa shape index (κ3) is 4.17. The molecule has 1 amide bonds. The number of aryl methyl sites for hydroxylation is 1. The lowest BCUT2D eigenvalue weighted by atomic mass is 9.83. The van der Waals surface area contributed by atoms with Crippen LogP contribution in [0.15, 0.2) is 23.1 Å². The maximum Gasteiger partial charge on any atom is 0.407 e. The lowest BCUT2D eigenvalue weighted by Crippen LogP contribution is -2.35. The van der Waals surface area contributed by atoms with Gasteiger partial charge in [0.15, 0.2) is 0 Å². The molecule has 0 bridgehead atoms. The van der Waals surface area contributed by atoms with E-state index in [4.69, 9.17) is 4.74 Å². The predicted molar refractivity (Wildman–Crippen MR) is 83.6 cm³/mol. The van der Waals surface area contributed by atoms with Gasteiger partial charge in [0.1, 0.15) is 5.60 Å². The van der Waals surface area contributed by atoms with E-state index in [1.54, 1.807) is 0 Å². The predicted octanol–water partition coefficient (Wildman–Crippen LogP) is 3.92. The molecule has 1 unspecified atom stereocenters. The second-order valence-electron chi connectivity index (χ2n) is 6.36. The summed E-state index contributed by atoms with van der Waals surface area (Å²) < 4.78 is 5.27. The van der Waals surface area contributed by atoms with Crippen LogP contribution in [-0.2, 0) is 11.2 Å². The Labute approximate surface area is 126 Å². The summed E-state index contributed by atoms with van der Waals surface area (Å²) in [4.78, 5) is 12.7. The molecule has 1 aromatic rings. The molecule has 1 aliphatic rings. The molecule has 110 valence electrons. The molecule has 0 aliphatic heterocycles. The zero-order valence-electron chi connectivity index (χ0n) is 12.4. The minimum Gasteiger partial charge on any atom is -0.444 e. The van der Waals surface area contributed by atoms with Gasteiger partial charge < -0.3 is 10.1 Å². The number of fused-ring (bicyclic) bond motifs is 1. The third-order valence-electron chi connectivity index (χ3n) is 3.46.